The zero-order valence-electron chi connectivity index (χ0n) is 14.2. The predicted molar refractivity (Wildman–Crippen MR) is 92.2 cm³/mol. The van der Waals surface area contributed by atoms with Crippen molar-refractivity contribution in [2.24, 2.45) is 11.3 Å². The summed E-state index contributed by atoms with van der Waals surface area (Å²) in [5.41, 5.74) is 6.11. The molecule has 22 heavy (non-hydrogen) atoms. The number of benzene rings is 1. The lowest BCUT2D eigenvalue weighted by Crippen LogP contribution is -2.27. The Hall–Kier alpha value is -1.37. The molecule has 1 aromatic rings. The molecule has 118 valence electrons. The molecule has 0 amide bonds. The van der Waals surface area contributed by atoms with Crippen LogP contribution < -0.4 is 0 Å². The number of carbonyl (C=O) groups excluding carboxylic acids is 1. The van der Waals surface area contributed by atoms with Crippen molar-refractivity contribution in [3.63, 3.8) is 0 Å². The van der Waals surface area contributed by atoms with E-state index >= 15 is 0 Å². The molecular weight excluding hydrogens is 268 g/mol. The minimum Gasteiger partial charge on any atom is -0.298 e. The molecule has 0 fully saturated rings. The van der Waals surface area contributed by atoms with Gasteiger partial charge in [0.25, 0.3) is 0 Å². The second-order valence-electron chi connectivity index (χ2n) is 7.90. The van der Waals surface area contributed by atoms with Gasteiger partial charge in [0.05, 0.1) is 0 Å². The highest BCUT2D eigenvalue weighted by Gasteiger charge is 2.35. The summed E-state index contributed by atoms with van der Waals surface area (Å²) in [5.74, 6) is 1.32. The van der Waals surface area contributed by atoms with E-state index in [4.69, 9.17) is 0 Å². The summed E-state index contributed by atoms with van der Waals surface area (Å²) in [4.78, 5) is 10.8. The Morgan fingerprint density at radius 3 is 2.59 bits per heavy atom. The summed E-state index contributed by atoms with van der Waals surface area (Å²) < 4.78 is 0. The summed E-state index contributed by atoms with van der Waals surface area (Å²) in [6.07, 6.45) is 8.90. The molecule has 1 nitrogen and oxygen atoms in total. The number of aldehydes is 1. The average molecular weight is 296 g/mol. The fourth-order valence-corrected chi connectivity index (χ4v) is 4.52. The van der Waals surface area contributed by atoms with Crippen molar-refractivity contribution >= 4 is 6.29 Å². The summed E-state index contributed by atoms with van der Waals surface area (Å²) in [7, 11) is 0. The largest absolute Gasteiger partial charge is 0.298 e. The normalized spacial score (nSPS) is 25.5. The second kappa shape index (κ2) is 6.02. The third kappa shape index (κ3) is 2.91. The van der Waals surface area contributed by atoms with Crippen molar-refractivity contribution in [3.8, 4) is 0 Å². The van der Waals surface area contributed by atoms with Gasteiger partial charge in [-0.3, -0.25) is 4.79 Å². The highest BCUT2D eigenvalue weighted by Crippen LogP contribution is 2.50. The van der Waals surface area contributed by atoms with E-state index in [1.54, 1.807) is 11.1 Å². The van der Waals surface area contributed by atoms with E-state index in [2.05, 4.69) is 32.9 Å². The van der Waals surface area contributed by atoms with Gasteiger partial charge in [0, 0.05) is 5.56 Å². The predicted octanol–water partition coefficient (Wildman–Crippen LogP) is 5.91. The molecule has 1 heteroatoms. The SMILES string of the molecule is CC(c1ccc(C=O)cc1)C1CCC2=C(C1)C(C)(C)CCC2. The quantitative estimate of drug-likeness (QED) is 0.500. The van der Waals surface area contributed by atoms with E-state index in [1.807, 2.05) is 12.1 Å². The average Bonchev–Trinajstić information content (AvgIpc) is 2.54. The highest BCUT2D eigenvalue weighted by molar-refractivity contribution is 5.74. The first-order chi connectivity index (χ1) is 10.5. The maximum Gasteiger partial charge on any atom is 0.150 e. The monoisotopic (exact) mass is 296 g/mol. The van der Waals surface area contributed by atoms with Crippen LogP contribution in [-0.2, 0) is 0 Å². The van der Waals surface area contributed by atoms with Gasteiger partial charge in [-0.25, -0.2) is 0 Å². The molecule has 0 bridgehead atoms. The van der Waals surface area contributed by atoms with Crippen LogP contribution in [0.25, 0.3) is 0 Å². The Morgan fingerprint density at radius 2 is 1.91 bits per heavy atom. The Balaban J connectivity index is 1.78. The van der Waals surface area contributed by atoms with Gasteiger partial charge in [0.2, 0.25) is 0 Å². The number of allylic oxidation sites excluding steroid dienone is 2. The van der Waals surface area contributed by atoms with E-state index in [9.17, 15) is 4.79 Å². The fraction of sp³-hybridized carbons (Fsp3) is 0.571. The smallest absolute Gasteiger partial charge is 0.150 e. The van der Waals surface area contributed by atoms with Crippen molar-refractivity contribution in [3.05, 3.63) is 46.5 Å². The Labute approximate surface area is 134 Å². The maximum atomic E-state index is 10.8. The summed E-state index contributed by atoms with van der Waals surface area (Å²) >= 11 is 0. The maximum absolute atomic E-state index is 10.8. The summed E-state index contributed by atoms with van der Waals surface area (Å²) in [5, 5.41) is 0. The van der Waals surface area contributed by atoms with Crippen molar-refractivity contribution in [1.29, 1.82) is 0 Å². The van der Waals surface area contributed by atoms with Crippen LogP contribution in [0, 0.1) is 11.3 Å². The minimum absolute atomic E-state index is 0.410. The third-order valence-electron chi connectivity index (χ3n) is 6.11. The van der Waals surface area contributed by atoms with E-state index in [1.165, 1.54) is 44.1 Å². The highest BCUT2D eigenvalue weighted by atomic mass is 16.1. The third-order valence-corrected chi connectivity index (χ3v) is 6.11. The molecule has 2 atom stereocenters. The van der Waals surface area contributed by atoms with Gasteiger partial charge in [-0.1, -0.05) is 56.2 Å². The summed E-state index contributed by atoms with van der Waals surface area (Å²) in [6, 6.07) is 8.20. The molecule has 0 saturated carbocycles. The molecule has 0 aliphatic heterocycles. The number of rotatable bonds is 3. The van der Waals surface area contributed by atoms with Crippen molar-refractivity contribution in [2.45, 2.75) is 65.2 Å². The lowest BCUT2D eigenvalue weighted by Gasteiger charge is -2.42. The van der Waals surface area contributed by atoms with E-state index in [-0.39, 0.29) is 0 Å². The topological polar surface area (TPSA) is 17.1 Å². The molecule has 1 aromatic carbocycles. The van der Waals surface area contributed by atoms with Gasteiger partial charge in [-0.2, -0.15) is 0 Å². The Morgan fingerprint density at radius 1 is 1.18 bits per heavy atom. The number of hydrogen-bond donors (Lipinski definition) is 0. The second-order valence-corrected chi connectivity index (χ2v) is 7.90. The van der Waals surface area contributed by atoms with Gasteiger partial charge in [0.15, 0.2) is 0 Å². The fourth-order valence-electron chi connectivity index (χ4n) is 4.52. The van der Waals surface area contributed by atoms with Crippen LogP contribution >= 0.6 is 0 Å². The first-order valence-electron chi connectivity index (χ1n) is 8.78. The molecule has 0 radical (unpaired) electrons. The molecule has 3 rings (SSSR count). The molecule has 2 unspecified atom stereocenters. The van der Waals surface area contributed by atoms with E-state index in [0.29, 0.717) is 11.3 Å². The molecule has 0 saturated heterocycles. The standard InChI is InChI=1S/C21H28O/c1-15(17-8-6-16(14-22)7-9-17)19-11-10-18-5-4-12-21(2,3)20(18)13-19/h6-9,14-15,19H,4-5,10-13H2,1-3H3. The zero-order valence-corrected chi connectivity index (χ0v) is 14.2. The van der Waals surface area contributed by atoms with Crippen LogP contribution in [-0.4, -0.2) is 6.29 Å². The number of hydrogen-bond acceptors (Lipinski definition) is 1. The molecule has 0 spiro atoms. The van der Waals surface area contributed by atoms with Crippen LogP contribution in [0.3, 0.4) is 0 Å². The summed E-state index contributed by atoms with van der Waals surface area (Å²) in [6.45, 7) is 7.24. The van der Waals surface area contributed by atoms with Crippen LogP contribution in [0.1, 0.15) is 81.1 Å². The number of carbonyl (C=O) groups is 1. The molecule has 2 aliphatic carbocycles. The van der Waals surface area contributed by atoms with Gasteiger partial charge in [-0.15, -0.1) is 0 Å². The van der Waals surface area contributed by atoms with Crippen LogP contribution in [0.4, 0.5) is 0 Å². The van der Waals surface area contributed by atoms with Crippen LogP contribution in [0.15, 0.2) is 35.4 Å². The lowest BCUT2D eigenvalue weighted by molar-refractivity contribution is 0.112. The van der Waals surface area contributed by atoms with Gasteiger partial charge in [0.1, 0.15) is 6.29 Å². The molecular formula is C21H28O. The van der Waals surface area contributed by atoms with Crippen molar-refractivity contribution in [2.75, 3.05) is 0 Å². The molecule has 0 N–H and O–H groups in total. The molecule has 0 heterocycles. The van der Waals surface area contributed by atoms with Crippen molar-refractivity contribution in [1.82, 2.24) is 0 Å². The lowest BCUT2D eigenvalue weighted by atomic mass is 9.63. The zero-order chi connectivity index (χ0) is 15.7. The van der Waals surface area contributed by atoms with Crippen LogP contribution in [0.2, 0.25) is 0 Å². The molecule has 2 aliphatic rings. The van der Waals surface area contributed by atoms with Crippen molar-refractivity contribution < 1.29 is 4.79 Å². The van der Waals surface area contributed by atoms with Gasteiger partial charge >= 0.3 is 0 Å². The molecule has 0 aromatic heterocycles. The van der Waals surface area contributed by atoms with E-state index in [0.717, 1.165) is 17.8 Å². The van der Waals surface area contributed by atoms with E-state index < -0.39 is 0 Å². The minimum atomic E-state index is 0.410. The first-order valence-corrected chi connectivity index (χ1v) is 8.78. The Kier molecular flexibility index (Phi) is 4.25. The van der Waals surface area contributed by atoms with Gasteiger partial charge < -0.3 is 0 Å². The van der Waals surface area contributed by atoms with Crippen LogP contribution in [0.5, 0.6) is 0 Å². The Bertz CT molecular complexity index is 576. The first kappa shape index (κ1) is 15.5. The van der Waals surface area contributed by atoms with Gasteiger partial charge in [-0.05, 0) is 61.3 Å².